The molecule has 0 heterocycles. The molecule has 0 fully saturated rings. The zero-order chi connectivity index (χ0) is 18.4. The van der Waals surface area contributed by atoms with Gasteiger partial charge in [-0.2, -0.15) is 0 Å². The highest BCUT2D eigenvalue weighted by molar-refractivity contribution is 6.87. The fourth-order valence-electron chi connectivity index (χ4n) is 1.61. The fourth-order valence-corrected chi connectivity index (χ4v) is 2.52. The van der Waals surface area contributed by atoms with Crippen LogP contribution in [0.4, 0.5) is 0 Å². The lowest BCUT2D eigenvalue weighted by atomic mass is 10.0. The molecule has 0 rings (SSSR count). The standard InChI is InChI=1S/C17H32N2O3Si/c1-12(2)11-14(20)16(22)19-13(15(18)21)9-8-10-23(6,7)17(3,4)5/h12-14,20H,9,11H2,1-7H3,(H2,18,21)(H,19,22)/t13-,14+/m1/s1. The van der Waals surface area contributed by atoms with Crippen molar-refractivity contribution in [1.82, 2.24) is 5.32 Å². The first-order valence-electron chi connectivity index (χ1n) is 8.05. The second kappa shape index (κ2) is 8.51. The third kappa shape index (κ3) is 7.66. The summed E-state index contributed by atoms with van der Waals surface area (Å²) >= 11 is 0. The molecule has 4 N–H and O–H groups in total. The molecule has 0 saturated carbocycles. The quantitative estimate of drug-likeness (QED) is 0.508. The number of aliphatic hydroxyl groups is 1. The van der Waals surface area contributed by atoms with Crippen LogP contribution in [-0.2, 0) is 9.59 Å². The molecule has 0 aliphatic rings. The van der Waals surface area contributed by atoms with Crippen LogP contribution >= 0.6 is 0 Å². The first-order chi connectivity index (χ1) is 10.3. The van der Waals surface area contributed by atoms with E-state index < -0.39 is 32.0 Å². The Balaban J connectivity index is 4.87. The number of nitrogens with one attached hydrogen (secondary N) is 1. The molecule has 5 nitrogen and oxygen atoms in total. The van der Waals surface area contributed by atoms with Crippen LogP contribution < -0.4 is 11.1 Å². The molecule has 0 unspecified atom stereocenters. The zero-order valence-electron chi connectivity index (χ0n) is 15.5. The Kier molecular flexibility index (Phi) is 8.02. The molecule has 2 atom stereocenters. The van der Waals surface area contributed by atoms with Gasteiger partial charge in [-0.15, -0.1) is 11.5 Å². The summed E-state index contributed by atoms with van der Waals surface area (Å²) in [6, 6.07) is -0.874. The lowest BCUT2D eigenvalue weighted by molar-refractivity contribution is -0.133. The minimum atomic E-state index is -1.77. The molecule has 0 aromatic carbocycles. The molecule has 132 valence electrons. The second-order valence-electron chi connectivity index (χ2n) is 7.99. The molecule has 0 aliphatic carbocycles. The van der Waals surface area contributed by atoms with Gasteiger partial charge >= 0.3 is 0 Å². The average Bonchev–Trinajstić information content (AvgIpc) is 2.34. The van der Waals surface area contributed by atoms with E-state index in [1.165, 1.54) is 0 Å². The normalized spacial score (nSPS) is 14.7. The van der Waals surface area contributed by atoms with Crippen LogP contribution in [0.25, 0.3) is 0 Å². The van der Waals surface area contributed by atoms with Gasteiger partial charge in [-0.05, 0) is 17.4 Å². The number of rotatable bonds is 6. The van der Waals surface area contributed by atoms with Crippen molar-refractivity contribution in [3.63, 3.8) is 0 Å². The summed E-state index contributed by atoms with van der Waals surface area (Å²) in [4.78, 5) is 23.4. The Hall–Kier alpha value is -1.32. The molecular formula is C17H32N2O3Si. The predicted molar refractivity (Wildman–Crippen MR) is 96.2 cm³/mol. The van der Waals surface area contributed by atoms with E-state index in [1.807, 2.05) is 13.8 Å². The van der Waals surface area contributed by atoms with Crippen molar-refractivity contribution in [1.29, 1.82) is 0 Å². The van der Waals surface area contributed by atoms with Crippen LogP contribution in [0.3, 0.4) is 0 Å². The van der Waals surface area contributed by atoms with Gasteiger partial charge < -0.3 is 16.2 Å². The first kappa shape index (κ1) is 21.7. The minimum Gasteiger partial charge on any atom is -0.383 e. The summed E-state index contributed by atoms with van der Waals surface area (Å²) in [5.74, 6) is 1.98. The Labute approximate surface area is 141 Å². The van der Waals surface area contributed by atoms with E-state index in [1.54, 1.807) is 0 Å². The number of carbonyl (C=O) groups excluding carboxylic acids is 2. The van der Waals surface area contributed by atoms with Crippen LogP contribution in [0, 0.1) is 17.4 Å². The summed E-state index contributed by atoms with van der Waals surface area (Å²) in [6.45, 7) is 14.6. The number of aliphatic hydroxyl groups excluding tert-OH is 1. The lowest BCUT2D eigenvalue weighted by Crippen LogP contribution is -2.48. The second-order valence-corrected chi connectivity index (χ2v) is 13.0. The summed E-state index contributed by atoms with van der Waals surface area (Å²) in [7, 11) is -1.77. The van der Waals surface area contributed by atoms with Crippen molar-refractivity contribution in [2.45, 2.75) is 77.7 Å². The highest BCUT2D eigenvalue weighted by Crippen LogP contribution is 2.35. The molecule has 0 aromatic heterocycles. The Bertz CT molecular complexity index is 484. The van der Waals surface area contributed by atoms with Crippen molar-refractivity contribution in [2.24, 2.45) is 11.7 Å². The van der Waals surface area contributed by atoms with Gasteiger partial charge in [-0.3, -0.25) is 9.59 Å². The van der Waals surface area contributed by atoms with Crippen molar-refractivity contribution < 1.29 is 14.7 Å². The average molecular weight is 341 g/mol. The van der Waals surface area contributed by atoms with E-state index in [-0.39, 0.29) is 17.4 Å². The van der Waals surface area contributed by atoms with Crippen molar-refractivity contribution >= 4 is 19.9 Å². The smallest absolute Gasteiger partial charge is 0.249 e. The molecule has 0 aliphatic heterocycles. The molecule has 0 spiro atoms. The Morgan fingerprint density at radius 2 is 1.78 bits per heavy atom. The van der Waals surface area contributed by atoms with Gasteiger partial charge in [-0.25, -0.2) is 0 Å². The molecule has 0 bridgehead atoms. The highest BCUT2D eigenvalue weighted by Gasteiger charge is 2.33. The minimum absolute atomic E-state index is 0.124. The molecule has 0 radical (unpaired) electrons. The number of amides is 2. The van der Waals surface area contributed by atoms with E-state index in [0.717, 1.165) is 0 Å². The van der Waals surface area contributed by atoms with Gasteiger partial charge in [0, 0.05) is 6.42 Å². The van der Waals surface area contributed by atoms with E-state index in [9.17, 15) is 14.7 Å². The van der Waals surface area contributed by atoms with Crippen LogP contribution in [-0.4, -0.2) is 37.1 Å². The van der Waals surface area contributed by atoms with E-state index in [0.29, 0.717) is 6.42 Å². The van der Waals surface area contributed by atoms with Gasteiger partial charge in [0.2, 0.25) is 11.8 Å². The maximum absolute atomic E-state index is 11.9. The molecule has 2 amide bonds. The lowest BCUT2D eigenvalue weighted by Gasteiger charge is -2.31. The third-order valence-electron chi connectivity index (χ3n) is 4.24. The Morgan fingerprint density at radius 3 is 2.17 bits per heavy atom. The predicted octanol–water partition coefficient (Wildman–Crippen LogP) is 1.80. The highest BCUT2D eigenvalue weighted by atomic mass is 28.3. The maximum Gasteiger partial charge on any atom is 0.249 e. The molecule has 23 heavy (non-hydrogen) atoms. The SMILES string of the molecule is CC(C)C[C@H](O)C(=O)N[C@H](CC#C[Si](C)(C)C(C)(C)C)C(N)=O. The summed E-state index contributed by atoms with van der Waals surface area (Å²) < 4.78 is 0. The van der Waals surface area contributed by atoms with E-state index in [4.69, 9.17) is 5.73 Å². The topological polar surface area (TPSA) is 92.4 Å². The van der Waals surface area contributed by atoms with Gasteiger partial charge in [0.25, 0.3) is 0 Å². The van der Waals surface area contributed by atoms with Gasteiger partial charge in [0.05, 0.1) is 0 Å². The van der Waals surface area contributed by atoms with Gasteiger partial charge in [-0.1, -0.05) is 47.7 Å². The summed E-state index contributed by atoms with van der Waals surface area (Å²) in [5, 5.41) is 12.4. The zero-order valence-corrected chi connectivity index (χ0v) is 16.5. The Morgan fingerprint density at radius 1 is 1.26 bits per heavy atom. The van der Waals surface area contributed by atoms with E-state index >= 15 is 0 Å². The maximum atomic E-state index is 11.9. The van der Waals surface area contributed by atoms with Gasteiger partial charge in [0.15, 0.2) is 0 Å². The van der Waals surface area contributed by atoms with Crippen LogP contribution in [0.2, 0.25) is 18.1 Å². The number of hydrogen-bond donors (Lipinski definition) is 3. The number of nitrogens with two attached hydrogens (primary N) is 1. The van der Waals surface area contributed by atoms with Crippen molar-refractivity contribution in [3.8, 4) is 11.5 Å². The molecule has 0 aromatic rings. The summed E-state index contributed by atoms with van der Waals surface area (Å²) in [6.07, 6.45) is -0.625. The van der Waals surface area contributed by atoms with E-state index in [2.05, 4.69) is 50.6 Å². The largest absolute Gasteiger partial charge is 0.383 e. The molecular weight excluding hydrogens is 308 g/mol. The summed E-state index contributed by atoms with van der Waals surface area (Å²) in [5.41, 5.74) is 8.62. The number of carbonyl (C=O) groups is 2. The molecule has 6 heteroatoms. The fraction of sp³-hybridized carbons (Fsp3) is 0.765. The van der Waals surface area contributed by atoms with Crippen LogP contribution in [0.15, 0.2) is 0 Å². The third-order valence-corrected chi connectivity index (χ3v) is 8.79. The van der Waals surface area contributed by atoms with Crippen molar-refractivity contribution in [3.05, 3.63) is 0 Å². The molecule has 0 saturated heterocycles. The monoisotopic (exact) mass is 340 g/mol. The number of primary amides is 1. The number of hydrogen-bond acceptors (Lipinski definition) is 3. The van der Waals surface area contributed by atoms with Crippen molar-refractivity contribution in [2.75, 3.05) is 0 Å². The van der Waals surface area contributed by atoms with Crippen LogP contribution in [0.5, 0.6) is 0 Å². The van der Waals surface area contributed by atoms with Crippen LogP contribution in [0.1, 0.15) is 47.5 Å². The van der Waals surface area contributed by atoms with Gasteiger partial charge in [0.1, 0.15) is 20.2 Å². The first-order valence-corrected chi connectivity index (χ1v) is 11.1.